The molecule has 1 heterocycles. The van der Waals surface area contributed by atoms with Gasteiger partial charge in [-0.2, -0.15) is 0 Å². The summed E-state index contributed by atoms with van der Waals surface area (Å²) in [5.41, 5.74) is 1.74. The lowest BCUT2D eigenvalue weighted by Gasteiger charge is -2.06. The van der Waals surface area contributed by atoms with Gasteiger partial charge in [0.05, 0.1) is 17.2 Å². The molecule has 1 aromatic heterocycles. The largest absolute Gasteiger partial charge is 0.508 e. The van der Waals surface area contributed by atoms with Gasteiger partial charge in [0.15, 0.2) is 5.43 Å². The molecule has 2 N–H and O–H groups in total. The zero-order chi connectivity index (χ0) is 14.8. The number of fused-ring (bicyclic) bond motifs is 1. The number of anilines is 1. The van der Waals surface area contributed by atoms with E-state index in [1.807, 2.05) is 24.3 Å². The van der Waals surface area contributed by atoms with Crippen LogP contribution in [0, 0.1) is 0 Å². The zero-order valence-electron chi connectivity index (χ0n) is 11.0. The summed E-state index contributed by atoms with van der Waals surface area (Å²) in [5, 5.41) is 13.0. The molecule has 106 valence electrons. The molecule has 2 aromatic carbocycles. The first-order valence-corrected chi connectivity index (χ1v) is 7.15. The van der Waals surface area contributed by atoms with E-state index >= 15 is 0 Å². The lowest BCUT2D eigenvalue weighted by Crippen LogP contribution is -2.12. The molecule has 21 heavy (non-hydrogen) atoms. The van der Waals surface area contributed by atoms with Gasteiger partial charge in [-0.1, -0.05) is 15.9 Å². The SMILES string of the molecule is O=c1c(CNc2ccc(Br)cc2)coc2cc(O)ccc12. The van der Waals surface area contributed by atoms with E-state index in [1.165, 1.54) is 18.4 Å². The highest BCUT2D eigenvalue weighted by molar-refractivity contribution is 9.10. The van der Waals surface area contributed by atoms with Crippen molar-refractivity contribution in [1.82, 2.24) is 0 Å². The van der Waals surface area contributed by atoms with Crippen molar-refractivity contribution in [2.75, 3.05) is 5.32 Å². The molecule has 4 nitrogen and oxygen atoms in total. The second-order valence-electron chi connectivity index (χ2n) is 4.63. The summed E-state index contributed by atoms with van der Waals surface area (Å²) in [6.45, 7) is 0.376. The lowest BCUT2D eigenvalue weighted by molar-refractivity contribution is 0.474. The third-order valence-corrected chi connectivity index (χ3v) is 3.69. The first kappa shape index (κ1) is 13.7. The predicted octanol–water partition coefficient (Wildman–Crippen LogP) is 3.87. The van der Waals surface area contributed by atoms with Crippen molar-refractivity contribution in [3.05, 3.63) is 69.0 Å². The van der Waals surface area contributed by atoms with Crippen LogP contribution in [-0.2, 0) is 6.54 Å². The van der Waals surface area contributed by atoms with Crippen LogP contribution >= 0.6 is 15.9 Å². The van der Waals surface area contributed by atoms with Crippen LogP contribution < -0.4 is 10.7 Å². The Morgan fingerprint density at radius 1 is 1.14 bits per heavy atom. The Morgan fingerprint density at radius 3 is 2.67 bits per heavy atom. The fourth-order valence-corrected chi connectivity index (χ4v) is 2.31. The molecule has 0 atom stereocenters. The van der Waals surface area contributed by atoms with E-state index in [2.05, 4.69) is 21.2 Å². The Bertz CT molecular complexity index is 840. The van der Waals surface area contributed by atoms with Crippen molar-refractivity contribution in [3.63, 3.8) is 0 Å². The van der Waals surface area contributed by atoms with Gasteiger partial charge in [0.25, 0.3) is 0 Å². The minimum atomic E-state index is -0.0964. The Hall–Kier alpha value is -2.27. The standard InChI is InChI=1S/C16H12BrNO3/c17-11-1-3-12(4-2-11)18-8-10-9-21-15-7-13(19)5-6-14(15)16(10)20/h1-7,9,18-19H,8H2. The first-order valence-electron chi connectivity index (χ1n) is 6.36. The molecular weight excluding hydrogens is 334 g/mol. The summed E-state index contributed by atoms with van der Waals surface area (Å²) in [7, 11) is 0. The van der Waals surface area contributed by atoms with Gasteiger partial charge in [0, 0.05) is 22.8 Å². The summed E-state index contributed by atoms with van der Waals surface area (Å²) in [5.74, 6) is 0.0754. The Labute approximate surface area is 129 Å². The van der Waals surface area contributed by atoms with E-state index < -0.39 is 0 Å². The van der Waals surface area contributed by atoms with Gasteiger partial charge in [-0.15, -0.1) is 0 Å². The molecule has 0 fully saturated rings. The monoisotopic (exact) mass is 345 g/mol. The average molecular weight is 346 g/mol. The summed E-state index contributed by atoms with van der Waals surface area (Å²) in [6, 6.07) is 12.2. The molecule has 0 amide bonds. The van der Waals surface area contributed by atoms with Crippen LogP contribution in [-0.4, -0.2) is 5.11 Å². The summed E-state index contributed by atoms with van der Waals surface area (Å²) < 4.78 is 6.40. The second-order valence-corrected chi connectivity index (χ2v) is 5.55. The van der Waals surface area contributed by atoms with Gasteiger partial charge < -0.3 is 14.8 Å². The third-order valence-electron chi connectivity index (χ3n) is 3.16. The highest BCUT2D eigenvalue weighted by Crippen LogP contribution is 2.18. The van der Waals surface area contributed by atoms with E-state index in [0.29, 0.717) is 23.1 Å². The number of rotatable bonds is 3. The fourth-order valence-electron chi connectivity index (χ4n) is 2.04. The van der Waals surface area contributed by atoms with Gasteiger partial charge >= 0.3 is 0 Å². The highest BCUT2D eigenvalue weighted by atomic mass is 79.9. The van der Waals surface area contributed by atoms with Crippen LogP contribution in [0.1, 0.15) is 5.56 Å². The van der Waals surface area contributed by atoms with E-state index in [9.17, 15) is 9.90 Å². The minimum Gasteiger partial charge on any atom is -0.508 e. The number of hydrogen-bond donors (Lipinski definition) is 2. The average Bonchev–Trinajstić information content (AvgIpc) is 2.48. The molecule has 3 rings (SSSR count). The Morgan fingerprint density at radius 2 is 1.90 bits per heavy atom. The van der Waals surface area contributed by atoms with Crippen molar-refractivity contribution in [2.45, 2.75) is 6.54 Å². The maximum atomic E-state index is 12.3. The minimum absolute atomic E-state index is 0.0754. The van der Waals surface area contributed by atoms with E-state index in [4.69, 9.17) is 4.42 Å². The fraction of sp³-hybridized carbons (Fsp3) is 0.0625. The summed E-state index contributed by atoms with van der Waals surface area (Å²) >= 11 is 3.37. The number of phenols is 1. The van der Waals surface area contributed by atoms with Gasteiger partial charge in [-0.3, -0.25) is 4.79 Å². The number of hydrogen-bond acceptors (Lipinski definition) is 4. The Balaban J connectivity index is 1.87. The van der Waals surface area contributed by atoms with Crippen molar-refractivity contribution >= 4 is 32.6 Å². The predicted molar refractivity (Wildman–Crippen MR) is 85.6 cm³/mol. The molecule has 0 aliphatic rings. The first-order chi connectivity index (χ1) is 10.1. The smallest absolute Gasteiger partial charge is 0.197 e. The molecule has 0 saturated carbocycles. The molecule has 0 bridgehead atoms. The lowest BCUT2D eigenvalue weighted by atomic mass is 10.1. The maximum Gasteiger partial charge on any atom is 0.197 e. The van der Waals surface area contributed by atoms with Crippen LogP contribution in [0.25, 0.3) is 11.0 Å². The topological polar surface area (TPSA) is 62.5 Å². The number of nitrogens with one attached hydrogen (secondary N) is 1. The Kier molecular flexibility index (Phi) is 3.66. The van der Waals surface area contributed by atoms with Crippen LogP contribution in [0.3, 0.4) is 0 Å². The highest BCUT2D eigenvalue weighted by Gasteiger charge is 2.07. The quantitative estimate of drug-likeness (QED) is 0.756. The number of benzene rings is 2. The van der Waals surface area contributed by atoms with Gasteiger partial charge in [-0.05, 0) is 36.4 Å². The van der Waals surface area contributed by atoms with Crippen molar-refractivity contribution < 1.29 is 9.52 Å². The summed E-state index contributed by atoms with van der Waals surface area (Å²) in [6.07, 6.45) is 1.43. The van der Waals surface area contributed by atoms with E-state index in [0.717, 1.165) is 10.2 Å². The zero-order valence-corrected chi connectivity index (χ0v) is 12.6. The van der Waals surface area contributed by atoms with Crippen LogP contribution in [0.4, 0.5) is 5.69 Å². The number of phenolic OH excluding ortho intramolecular Hbond substituents is 1. The molecule has 0 spiro atoms. The molecule has 3 aromatic rings. The second kappa shape index (κ2) is 5.61. The number of halogens is 1. The molecule has 0 radical (unpaired) electrons. The van der Waals surface area contributed by atoms with Crippen LogP contribution in [0.5, 0.6) is 5.75 Å². The number of aromatic hydroxyl groups is 1. The molecule has 0 saturated heterocycles. The molecule has 0 aliphatic carbocycles. The normalized spacial score (nSPS) is 10.7. The maximum absolute atomic E-state index is 12.3. The molecular formula is C16H12BrNO3. The molecule has 0 aliphatic heterocycles. The molecule has 0 unspecified atom stereocenters. The summed E-state index contributed by atoms with van der Waals surface area (Å²) in [4.78, 5) is 12.3. The van der Waals surface area contributed by atoms with Gasteiger partial charge in [-0.25, -0.2) is 0 Å². The van der Waals surface area contributed by atoms with E-state index in [1.54, 1.807) is 6.07 Å². The van der Waals surface area contributed by atoms with Crippen molar-refractivity contribution in [2.24, 2.45) is 0 Å². The van der Waals surface area contributed by atoms with E-state index in [-0.39, 0.29) is 11.2 Å². The van der Waals surface area contributed by atoms with Crippen molar-refractivity contribution in [1.29, 1.82) is 0 Å². The van der Waals surface area contributed by atoms with Crippen LogP contribution in [0.15, 0.2) is 62.4 Å². The van der Waals surface area contributed by atoms with Gasteiger partial charge in [0.2, 0.25) is 0 Å². The van der Waals surface area contributed by atoms with Crippen LogP contribution in [0.2, 0.25) is 0 Å². The van der Waals surface area contributed by atoms with Crippen molar-refractivity contribution in [3.8, 4) is 5.75 Å². The van der Waals surface area contributed by atoms with Gasteiger partial charge in [0.1, 0.15) is 11.3 Å². The molecule has 5 heteroatoms. The third kappa shape index (κ3) is 2.92.